The molecule has 0 aromatic rings. The number of rotatable bonds is 5. The molecule has 0 unspecified atom stereocenters. The Hall–Kier alpha value is 0.137. The highest BCUT2D eigenvalue weighted by atomic mass is 28.4. The Balaban J connectivity index is 3.77. The van der Waals surface area contributed by atoms with Crippen molar-refractivity contribution in [3.8, 4) is 0 Å². The van der Waals surface area contributed by atoms with Gasteiger partial charge in [-0.3, -0.25) is 0 Å². The summed E-state index contributed by atoms with van der Waals surface area (Å²) in [7, 11) is -1.53. The molecule has 0 fully saturated rings. The summed E-state index contributed by atoms with van der Waals surface area (Å²) in [5.41, 5.74) is 5.39. The second kappa shape index (κ2) is 5.13. The molecule has 0 saturated heterocycles. The molecular weight excluding hydrogens is 178 g/mol. The van der Waals surface area contributed by atoms with Crippen molar-refractivity contribution in [1.82, 2.24) is 0 Å². The highest BCUT2D eigenvalue weighted by molar-refractivity contribution is 6.74. The Morgan fingerprint density at radius 2 is 1.85 bits per heavy atom. The van der Waals surface area contributed by atoms with E-state index in [0.29, 0.717) is 5.04 Å². The summed E-state index contributed by atoms with van der Waals surface area (Å²) in [5.74, 6) is 0. The molecule has 13 heavy (non-hydrogen) atoms. The predicted molar refractivity (Wildman–Crippen MR) is 61.1 cm³/mol. The third-order valence-electron chi connectivity index (χ3n) is 2.74. The molecule has 0 heterocycles. The molecule has 0 aromatic carbocycles. The lowest BCUT2D eigenvalue weighted by Crippen LogP contribution is -2.41. The summed E-state index contributed by atoms with van der Waals surface area (Å²) in [4.78, 5) is 0. The van der Waals surface area contributed by atoms with Gasteiger partial charge < -0.3 is 10.2 Å². The van der Waals surface area contributed by atoms with Gasteiger partial charge in [0, 0.05) is 6.61 Å². The molecule has 1 radical (unpaired) electrons. The summed E-state index contributed by atoms with van der Waals surface area (Å²) in [6, 6.07) is 0. The largest absolute Gasteiger partial charge is 0.417 e. The minimum atomic E-state index is -1.53. The lowest BCUT2D eigenvalue weighted by Gasteiger charge is -2.36. The standard InChI is InChI=1S/C10H24NOSi/c1-10(2,3)13(4,5)12-9-7-6-8-11/h7H,6,8-9,11H2,1-5H3. The Morgan fingerprint density at radius 3 is 2.23 bits per heavy atom. The zero-order valence-electron chi connectivity index (χ0n) is 9.68. The maximum atomic E-state index is 5.92. The monoisotopic (exact) mass is 202 g/mol. The number of unbranched alkanes of at least 4 members (excludes halogenated alkanes) is 1. The third kappa shape index (κ3) is 4.79. The quantitative estimate of drug-likeness (QED) is 0.549. The van der Waals surface area contributed by atoms with Gasteiger partial charge in [-0.2, -0.15) is 0 Å². The van der Waals surface area contributed by atoms with Gasteiger partial charge in [0.25, 0.3) is 0 Å². The molecule has 0 aliphatic rings. The molecule has 0 saturated carbocycles. The summed E-state index contributed by atoms with van der Waals surface area (Å²) in [6.07, 6.45) is 3.08. The molecule has 0 spiro atoms. The van der Waals surface area contributed by atoms with Crippen LogP contribution in [-0.2, 0) is 4.43 Å². The van der Waals surface area contributed by atoms with Crippen molar-refractivity contribution >= 4 is 8.32 Å². The van der Waals surface area contributed by atoms with E-state index < -0.39 is 8.32 Å². The second-order valence-corrected chi connectivity index (χ2v) is 9.75. The zero-order valence-corrected chi connectivity index (χ0v) is 10.7. The van der Waals surface area contributed by atoms with Crippen LogP contribution in [0.3, 0.4) is 0 Å². The van der Waals surface area contributed by atoms with Crippen molar-refractivity contribution in [2.24, 2.45) is 5.73 Å². The Kier molecular flexibility index (Phi) is 5.18. The molecule has 0 aliphatic heterocycles. The molecule has 0 rings (SSSR count). The van der Waals surface area contributed by atoms with Crippen molar-refractivity contribution in [2.75, 3.05) is 13.2 Å². The number of hydrogen-bond acceptors (Lipinski definition) is 2. The summed E-state index contributed by atoms with van der Waals surface area (Å²) >= 11 is 0. The van der Waals surface area contributed by atoms with Crippen LogP contribution < -0.4 is 5.73 Å². The van der Waals surface area contributed by atoms with Crippen LogP contribution in [0.4, 0.5) is 0 Å². The van der Waals surface area contributed by atoms with E-state index in [1.165, 1.54) is 0 Å². The first-order valence-corrected chi connectivity index (χ1v) is 7.88. The fraction of sp³-hybridized carbons (Fsp3) is 0.900. The van der Waals surface area contributed by atoms with Crippen LogP contribution in [0.25, 0.3) is 0 Å². The predicted octanol–water partition coefficient (Wildman–Crippen LogP) is 2.56. The first-order valence-electron chi connectivity index (χ1n) is 4.97. The van der Waals surface area contributed by atoms with Gasteiger partial charge in [0.05, 0.1) is 0 Å². The van der Waals surface area contributed by atoms with E-state index in [1.54, 1.807) is 0 Å². The molecule has 0 aromatic heterocycles. The third-order valence-corrected chi connectivity index (χ3v) is 7.24. The summed E-state index contributed by atoms with van der Waals surface area (Å²) < 4.78 is 5.92. The Labute approximate surface area is 84.0 Å². The van der Waals surface area contributed by atoms with Gasteiger partial charge in [0.15, 0.2) is 8.32 Å². The van der Waals surface area contributed by atoms with Crippen LogP contribution in [0.1, 0.15) is 27.2 Å². The fourth-order valence-corrected chi connectivity index (χ4v) is 1.65. The minimum absolute atomic E-state index is 0.309. The van der Waals surface area contributed by atoms with Crippen LogP contribution in [0.5, 0.6) is 0 Å². The van der Waals surface area contributed by atoms with Crippen molar-refractivity contribution in [2.45, 2.75) is 45.3 Å². The molecule has 2 nitrogen and oxygen atoms in total. The van der Waals surface area contributed by atoms with Gasteiger partial charge >= 0.3 is 0 Å². The normalized spacial score (nSPS) is 13.4. The molecular formula is C10H24NOSi. The van der Waals surface area contributed by atoms with Crippen LogP contribution in [0.15, 0.2) is 0 Å². The van der Waals surface area contributed by atoms with Crippen LogP contribution in [0.2, 0.25) is 18.1 Å². The Bertz CT molecular complexity index is 140. The molecule has 2 N–H and O–H groups in total. The van der Waals surface area contributed by atoms with E-state index in [0.717, 1.165) is 19.6 Å². The van der Waals surface area contributed by atoms with E-state index in [1.807, 2.05) is 0 Å². The van der Waals surface area contributed by atoms with Gasteiger partial charge in [0.2, 0.25) is 0 Å². The lowest BCUT2D eigenvalue weighted by molar-refractivity contribution is 0.312. The van der Waals surface area contributed by atoms with Crippen molar-refractivity contribution < 1.29 is 4.43 Å². The van der Waals surface area contributed by atoms with Gasteiger partial charge in [-0.25, -0.2) is 0 Å². The zero-order chi connectivity index (χ0) is 10.5. The number of nitrogens with two attached hydrogens (primary N) is 1. The molecule has 0 bridgehead atoms. The first kappa shape index (κ1) is 13.1. The summed E-state index contributed by atoms with van der Waals surface area (Å²) in [6.45, 7) is 12.8. The van der Waals surface area contributed by atoms with E-state index >= 15 is 0 Å². The van der Waals surface area contributed by atoms with Crippen LogP contribution >= 0.6 is 0 Å². The first-order chi connectivity index (χ1) is 5.81. The molecule has 0 atom stereocenters. The van der Waals surface area contributed by atoms with E-state index in [2.05, 4.69) is 40.3 Å². The fourth-order valence-electron chi connectivity index (χ4n) is 0.685. The van der Waals surface area contributed by atoms with Crippen LogP contribution in [-0.4, -0.2) is 21.5 Å². The summed E-state index contributed by atoms with van der Waals surface area (Å²) in [5, 5.41) is 0.309. The van der Waals surface area contributed by atoms with E-state index in [-0.39, 0.29) is 0 Å². The maximum Gasteiger partial charge on any atom is 0.191 e. The maximum absolute atomic E-state index is 5.92. The SMILES string of the molecule is CC(C)(C)[Si](C)(C)OC[CH]CCN. The van der Waals surface area contributed by atoms with Gasteiger partial charge in [-0.1, -0.05) is 20.8 Å². The van der Waals surface area contributed by atoms with Crippen LogP contribution in [0, 0.1) is 6.42 Å². The Morgan fingerprint density at radius 1 is 1.31 bits per heavy atom. The van der Waals surface area contributed by atoms with Gasteiger partial charge in [0.1, 0.15) is 0 Å². The lowest BCUT2D eigenvalue weighted by atomic mass is 10.2. The van der Waals surface area contributed by atoms with Crippen molar-refractivity contribution in [3.05, 3.63) is 6.42 Å². The number of hydrogen-bond donors (Lipinski definition) is 1. The van der Waals surface area contributed by atoms with Gasteiger partial charge in [-0.15, -0.1) is 0 Å². The van der Waals surface area contributed by atoms with Crippen molar-refractivity contribution in [1.29, 1.82) is 0 Å². The smallest absolute Gasteiger partial charge is 0.191 e. The molecule has 79 valence electrons. The van der Waals surface area contributed by atoms with E-state index in [9.17, 15) is 0 Å². The molecule has 0 amide bonds. The van der Waals surface area contributed by atoms with Gasteiger partial charge in [-0.05, 0) is 37.5 Å². The molecule has 3 heteroatoms. The average Bonchev–Trinajstić information content (AvgIpc) is 1.96. The average molecular weight is 202 g/mol. The molecule has 0 aliphatic carbocycles. The highest BCUT2D eigenvalue weighted by Gasteiger charge is 2.36. The minimum Gasteiger partial charge on any atom is -0.417 e. The topological polar surface area (TPSA) is 35.2 Å². The van der Waals surface area contributed by atoms with Crippen molar-refractivity contribution in [3.63, 3.8) is 0 Å². The highest BCUT2D eigenvalue weighted by Crippen LogP contribution is 2.36. The van der Waals surface area contributed by atoms with E-state index in [4.69, 9.17) is 10.2 Å². The second-order valence-electron chi connectivity index (χ2n) is 4.94.